The van der Waals surface area contributed by atoms with Gasteiger partial charge >= 0.3 is 0 Å². The molecule has 0 aromatic carbocycles. The molecule has 1 aliphatic carbocycles. The molecule has 78 valence electrons. The van der Waals surface area contributed by atoms with Crippen molar-refractivity contribution < 1.29 is 0 Å². The van der Waals surface area contributed by atoms with E-state index in [-0.39, 0.29) is 10.8 Å². The zero-order valence-corrected chi connectivity index (χ0v) is 10.1. The first-order valence-electron chi connectivity index (χ1n) is 4.93. The summed E-state index contributed by atoms with van der Waals surface area (Å²) in [6, 6.07) is 0. The zero-order chi connectivity index (χ0) is 10.0. The van der Waals surface area contributed by atoms with Gasteiger partial charge in [-0.2, -0.15) is 0 Å². The molecule has 4 unspecified atom stereocenters. The van der Waals surface area contributed by atoms with Crippen LogP contribution in [-0.2, 0) is 0 Å². The Morgan fingerprint density at radius 1 is 1.23 bits per heavy atom. The lowest BCUT2D eigenvalue weighted by Crippen LogP contribution is -2.38. The van der Waals surface area contributed by atoms with Gasteiger partial charge in [0.25, 0.3) is 0 Å². The molecular formula is C10H19Cl2N. The van der Waals surface area contributed by atoms with Crippen molar-refractivity contribution in [3.05, 3.63) is 0 Å². The first kappa shape index (κ1) is 11.6. The van der Waals surface area contributed by atoms with Crippen LogP contribution in [0.3, 0.4) is 0 Å². The van der Waals surface area contributed by atoms with Gasteiger partial charge in [-0.25, -0.2) is 0 Å². The molecule has 13 heavy (non-hydrogen) atoms. The quantitative estimate of drug-likeness (QED) is 0.652. The lowest BCUT2D eigenvalue weighted by atomic mass is 9.79. The first-order valence-corrected chi connectivity index (χ1v) is 5.81. The standard InChI is InChI=1S/C10H19Cl2N/c1-7-4-8(11)5-10(12)9(7)6-13(2)3/h7-10H,4-6H2,1-3H3. The predicted octanol–water partition coefficient (Wildman–Crippen LogP) is 2.81. The third-order valence-electron chi connectivity index (χ3n) is 2.88. The Morgan fingerprint density at radius 2 is 1.85 bits per heavy atom. The fraction of sp³-hybridized carbons (Fsp3) is 1.00. The van der Waals surface area contributed by atoms with Gasteiger partial charge in [-0.3, -0.25) is 0 Å². The normalized spacial score (nSPS) is 41.1. The SMILES string of the molecule is CC1CC(Cl)CC(Cl)C1CN(C)C. The molecule has 1 rings (SSSR count). The van der Waals surface area contributed by atoms with E-state index in [0.29, 0.717) is 11.8 Å². The zero-order valence-electron chi connectivity index (χ0n) is 8.63. The molecule has 1 saturated carbocycles. The number of hydrogen-bond acceptors (Lipinski definition) is 1. The van der Waals surface area contributed by atoms with Crippen molar-refractivity contribution in [1.29, 1.82) is 0 Å². The highest BCUT2D eigenvalue weighted by molar-refractivity contribution is 6.24. The lowest BCUT2D eigenvalue weighted by Gasteiger charge is -2.37. The second-order valence-electron chi connectivity index (χ2n) is 4.49. The number of rotatable bonds is 2. The van der Waals surface area contributed by atoms with Gasteiger partial charge in [0.2, 0.25) is 0 Å². The van der Waals surface area contributed by atoms with Gasteiger partial charge in [-0.05, 0) is 38.8 Å². The van der Waals surface area contributed by atoms with E-state index in [1.54, 1.807) is 0 Å². The van der Waals surface area contributed by atoms with Crippen LogP contribution >= 0.6 is 23.2 Å². The summed E-state index contributed by atoms with van der Waals surface area (Å²) >= 11 is 12.4. The molecule has 0 radical (unpaired) electrons. The minimum Gasteiger partial charge on any atom is -0.309 e. The Bertz CT molecular complexity index is 149. The molecule has 0 aliphatic heterocycles. The van der Waals surface area contributed by atoms with E-state index in [9.17, 15) is 0 Å². The summed E-state index contributed by atoms with van der Waals surface area (Å²) < 4.78 is 0. The van der Waals surface area contributed by atoms with Gasteiger partial charge in [0.1, 0.15) is 0 Å². The molecule has 1 aliphatic rings. The van der Waals surface area contributed by atoms with Crippen LogP contribution < -0.4 is 0 Å². The highest BCUT2D eigenvalue weighted by Crippen LogP contribution is 2.36. The maximum Gasteiger partial charge on any atom is 0.0393 e. The highest BCUT2D eigenvalue weighted by Gasteiger charge is 2.33. The van der Waals surface area contributed by atoms with Crippen molar-refractivity contribution in [3.8, 4) is 0 Å². The van der Waals surface area contributed by atoms with Crippen molar-refractivity contribution in [2.24, 2.45) is 11.8 Å². The van der Waals surface area contributed by atoms with Gasteiger partial charge < -0.3 is 4.90 Å². The molecular weight excluding hydrogens is 205 g/mol. The Kier molecular flexibility index (Phi) is 4.34. The molecule has 1 nitrogen and oxygen atoms in total. The molecule has 0 aromatic rings. The summed E-state index contributed by atoms with van der Waals surface area (Å²) in [7, 11) is 4.20. The molecule has 3 heteroatoms. The van der Waals surface area contributed by atoms with Gasteiger partial charge in [0.15, 0.2) is 0 Å². The van der Waals surface area contributed by atoms with Gasteiger partial charge in [-0.15, -0.1) is 23.2 Å². The van der Waals surface area contributed by atoms with Gasteiger partial charge in [0.05, 0.1) is 0 Å². The number of nitrogens with zero attached hydrogens (tertiary/aromatic N) is 1. The largest absolute Gasteiger partial charge is 0.309 e. The van der Waals surface area contributed by atoms with E-state index in [4.69, 9.17) is 23.2 Å². The Balaban J connectivity index is 2.51. The third-order valence-corrected chi connectivity index (χ3v) is 3.74. The average molecular weight is 224 g/mol. The molecule has 0 bridgehead atoms. The fourth-order valence-corrected chi connectivity index (χ4v) is 3.27. The lowest BCUT2D eigenvalue weighted by molar-refractivity contribution is 0.206. The molecule has 0 spiro atoms. The smallest absolute Gasteiger partial charge is 0.0393 e. The van der Waals surface area contributed by atoms with Crippen LogP contribution in [-0.4, -0.2) is 36.3 Å². The molecule has 0 N–H and O–H groups in total. The summed E-state index contributed by atoms with van der Waals surface area (Å²) in [4.78, 5) is 2.21. The summed E-state index contributed by atoms with van der Waals surface area (Å²) in [5.41, 5.74) is 0. The molecule has 4 atom stereocenters. The molecule has 0 heterocycles. The van der Waals surface area contributed by atoms with Gasteiger partial charge in [0, 0.05) is 17.3 Å². The molecule has 0 saturated heterocycles. The summed E-state index contributed by atoms with van der Waals surface area (Å²) in [6.45, 7) is 3.34. The van der Waals surface area contributed by atoms with E-state index in [1.165, 1.54) is 0 Å². The van der Waals surface area contributed by atoms with Crippen LogP contribution in [0.5, 0.6) is 0 Å². The maximum atomic E-state index is 6.31. The highest BCUT2D eigenvalue weighted by atomic mass is 35.5. The Hall–Kier alpha value is 0.540. The van der Waals surface area contributed by atoms with Crippen LogP contribution in [0, 0.1) is 11.8 Å². The Labute approximate surface area is 91.4 Å². The fourth-order valence-electron chi connectivity index (χ4n) is 2.17. The van der Waals surface area contributed by atoms with Crippen LogP contribution in [0.25, 0.3) is 0 Å². The monoisotopic (exact) mass is 223 g/mol. The van der Waals surface area contributed by atoms with Crippen molar-refractivity contribution in [2.45, 2.75) is 30.5 Å². The van der Waals surface area contributed by atoms with E-state index in [0.717, 1.165) is 19.4 Å². The average Bonchev–Trinajstić information content (AvgIpc) is 1.96. The minimum absolute atomic E-state index is 0.258. The van der Waals surface area contributed by atoms with Crippen molar-refractivity contribution in [2.75, 3.05) is 20.6 Å². The topological polar surface area (TPSA) is 3.24 Å². The van der Waals surface area contributed by atoms with E-state index in [1.807, 2.05) is 0 Å². The van der Waals surface area contributed by atoms with Crippen LogP contribution in [0.1, 0.15) is 19.8 Å². The molecule has 1 fully saturated rings. The number of halogens is 2. The van der Waals surface area contributed by atoms with E-state index >= 15 is 0 Å². The van der Waals surface area contributed by atoms with E-state index < -0.39 is 0 Å². The third kappa shape index (κ3) is 3.30. The van der Waals surface area contributed by atoms with Gasteiger partial charge in [-0.1, -0.05) is 6.92 Å². The minimum atomic E-state index is 0.258. The first-order chi connectivity index (χ1) is 6.00. The molecule has 0 aromatic heterocycles. The summed E-state index contributed by atoms with van der Waals surface area (Å²) in [6.07, 6.45) is 2.08. The second-order valence-corrected chi connectivity index (χ2v) is 5.67. The summed E-state index contributed by atoms with van der Waals surface area (Å²) in [5.74, 6) is 1.26. The second kappa shape index (κ2) is 4.86. The number of alkyl halides is 2. The predicted molar refractivity (Wildman–Crippen MR) is 59.7 cm³/mol. The van der Waals surface area contributed by atoms with Crippen LogP contribution in [0.2, 0.25) is 0 Å². The van der Waals surface area contributed by atoms with Crippen molar-refractivity contribution >= 4 is 23.2 Å². The van der Waals surface area contributed by atoms with Crippen molar-refractivity contribution in [1.82, 2.24) is 4.90 Å². The van der Waals surface area contributed by atoms with Crippen LogP contribution in [0.4, 0.5) is 0 Å². The Morgan fingerprint density at radius 3 is 2.31 bits per heavy atom. The van der Waals surface area contributed by atoms with Crippen LogP contribution in [0.15, 0.2) is 0 Å². The summed E-state index contributed by atoms with van der Waals surface area (Å²) in [5, 5.41) is 0.546. The number of hydrogen-bond donors (Lipinski definition) is 0. The van der Waals surface area contributed by atoms with E-state index in [2.05, 4.69) is 25.9 Å². The molecule has 0 amide bonds. The maximum absolute atomic E-state index is 6.31. The van der Waals surface area contributed by atoms with Crippen molar-refractivity contribution in [3.63, 3.8) is 0 Å².